The van der Waals surface area contributed by atoms with Crippen molar-refractivity contribution in [2.24, 2.45) is 5.92 Å². The maximum absolute atomic E-state index is 6.55. The lowest BCUT2D eigenvalue weighted by atomic mass is 9.74. The highest BCUT2D eigenvalue weighted by Crippen LogP contribution is 2.51. The summed E-state index contributed by atoms with van der Waals surface area (Å²) in [6, 6.07) is 8.25. The Morgan fingerprint density at radius 3 is 3.09 bits per heavy atom. The van der Waals surface area contributed by atoms with Crippen LogP contribution in [0.3, 0.4) is 0 Å². The Morgan fingerprint density at radius 2 is 2.09 bits per heavy atom. The first kappa shape index (κ1) is 12.5. The summed E-state index contributed by atoms with van der Waals surface area (Å²) in [5.41, 5.74) is 3.73. The summed E-state index contributed by atoms with van der Waals surface area (Å²) in [5.74, 6) is 0.629. The predicted molar refractivity (Wildman–Crippen MR) is 86.4 cm³/mol. The molecule has 0 aromatic heterocycles. The molecule has 0 radical (unpaired) electrons. The SMILES string of the molecule is C1=CC2=CC3CCCC4=Cc5ccccc5OC43OC2C=C1. The van der Waals surface area contributed by atoms with E-state index in [0.717, 1.165) is 18.6 Å². The lowest BCUT2D eigenvalue weighted by Crippen LogP contribution is -2.55. The van der Waals surface area contributed by atoms with Gasteiger partial charge in [-0.2, -0.15) is 0 Å². The van der Waals surface area contributed by atoms with Gasteiger partial charge in [0, 0.05) is 17.1 Å². The van der Waals surface area contributed by atoms with Gasteiger partial charge in [0.1, 0.15) is 11.9 Å². The lowest BCUT2D eigenvalue weighted by molar-refractivity contribution is -0.208. The molecule has 3 unspecified atom stereocenters. The zero-order valence-electron chi connectivity index (χ0n) is 12.4. The Labute approximate surface area is 130 Å². The smallest absolute Gasteiger partial charge is 0.240 e. The number of hydrogen-bond donors (Lipinski definition) is 0. The van der Waals surface area contributed by atoms with Crippen LogP contribution >= 0.6 is 0 Å². The van der Waals surface area contributed by atoms with Gasteiger partial charge in [0.15, 0.2) is 0 Å². The van der Waals surface area contributed by atoms with Gasteiger partial charge < -0.3 is 9.47 Å². The summed E-state index contributed by atoms with van der Waals surface area (Å²) in [6.45, 7) is 0. The van der Waals surface area contributed by atoms with Gasteiger partial charge in [-0.25, -0.2) is 0 Å². The molecule has 1 spiro atoms. The molecule has 2 aliphatic heterocycles. The zero-order chi connectivity index (χ0) is 14.6. The van der Waals surface area contributed by atoms with Crippen LogP contribution in [-0.4, -0.2) is 11.9 Å². The predicted octanol–water partition coefficient (Wildman–Crippen LogP) is 4.41. The number of rotatable bonds is 0. The fourth-order valence-electron chi connectivity index (χ4n) is 4.07. The maximum atomic E-state index is 6.55. The van der Waals surface area contributed by atoms with Crippen molar-refractivity contribution in [1.82, 2.24) is 0 Å². The lowest BCUT2D eigenvalue weighted by Gasteiger charge is -2.50. The summed E-state index contributed by atoms with van der Waals surface area (Å²) in [5, 5.41) is 0. The van der Waals surface area contributed by atoms with Gasteiger partial charge in [0.2, 0.25) is 5.79 Å². The number of allylic oxidation sites excluding steroid dienone is 2. The average Bonchev–Trinajstić information content (AvgIpc) is 2.56. The van der Waals surface area contributed by atoms with Gasteiger partial charge in [-0.15, -0.1) is 0 Å². The molecule has 2 heterocycles. The highest BCUT2D eigenvalue weighted by Gasteiger charge is 2.52. The van der Waals surface area contributed by atoms with Crippen molar-refractivity contribution in [2.75, 3.05) is 0 Å². The highest BCUT2D eigenvalue weighted by molar-refractivity contribution is 5.65. The van der Waals surface area contributed by atoms with E-state index in [0.29, 0.717) is 5.92 Å². The van der Waals surface area contributed by atoms with Gasteiger partial charge >= 0.3 is 0 Å². The van der Waals surface area contributed by atoms with Crippen LogP contribution in [0, 0.1) is 5.92 Å². The molecule has 2 heteroatoms. The van der Waals surface area contributed by atoms with E-state index in [2.05, 4.69) is 48.6 Å². The molecule has 2 aliphatic carbocycles. The molecule has 1 saturated carbocycles. The molecular formula is C20H18O2. The van der Waals surface area contributed by atoms with Crippen LogP contribution in [-0.2, 0) is 4.74 Å². The molecule has 1 aromatic carbocycles. The number of para-hydroxylation sites is 1. The summed E-state index contributed by atoms with van der Waals surface area (Å²) in [4.78, 5) is 0. The van der Waals surface area contributed by atoms with E-state index in [4.69, 9.17) is 9.47 Å². The van der Waals surface area contributed by atoms with Crippen molar-refractivity contribution < 1.29 is 9.47 Å². The topological polar surface area (TPSA) is 18.5 Å². The van der Waals surface area contributed by atoms with Crippen molar-refractivity contribution in [2.45, 2.75) is 31.2 Å². The molecular weight excluding hydrogens is 272 g/mol. The molecule has 3 atom stereocenters. The molecule has 0 saturated heterocycles. The molecule has 5 rings (SSSR count). The van der Waals surface area contributed by atoms with E-state index < -0.39 is 5.79 Å². The standard InChI is InChI=1S/C20H18O2/c1-3-10-18-14(6-1)12-16-8-5-9-17-13-15-7-2-4-11-19(15)22-20(16,17)21-18/h1-4,6-7,10-13,16,18H,5,8-9H2. The first-order valence-corrected chi connectivity index (χ1v) is 8.09. The van der Waals surface area contributed by atoms with Crippen LogP contribution in [0.5, 0.6) is 5.75 Å². The quantitative estimate of drug-likeness (QED) is 0.704. The second kappa shape index (κ2) is 4.47. The fraction of sp³-hybridized carbons (Fsp3) is 0.300. The number of hydrogen-bond acceptors (Lipinski definition) is 2. The number of benzene rings is 1. The zero-order valence-corrected chi connectivity index (χ0v) is 12.4. The first-order valence-electron chi connectivity index (χ1n) is 8.09. The molecule has 0 N–H and O–H groups in total. The Bertz CT molecular complexity index is 753. The fourth-order valence-corrected chi connectivity index (χ4v) is 4.07. The van der Waals surface area contributed by atoms with Gasteiger partial charge in [-0.1, -0.05) is 48.6 Å². The second-order valence-electron chi connectivity index (χ2n) is 6.42. The van der Waals surface area contributed by atoms with Crippen molar-refractivity contribution in [1.29, 1.82) is 0 Å². The average molecular weight is 290 g/mol. The molecule has 110 valence electrons. The minimum Gasteiger partial charge on any atom is -0.457 e. The molecule has 2 nitrogen and oxygen atoms in total. The third kappa shape index (κ3) is 1.65. The third-order valence-electron chi connectivity index (χ3n) is 5.12. The Morgan fingerprint density at radius 1 is 1.14 bits per heavy atom. The monoisotopic (exact) mass is 290 g/mol. The van der Waals surface area contributed by atoms with Gasteiger partial charge in [-0.3, -0.25) is 0 Å². The molecule has 1 aromatic rings. The van der Waals surface area contributed by atoms with Crippen LogP contribution in [0.25, 0.3) is 6.08 Å². The normalized spacial score (nSPS) is 34.4. The van der Waals surface area contributed by atoms with Gasteiger partial charge in [0.05, 0.1) is 0 Å². The molecule has 1 fully saturated rings. The number of fused-ring (bicyclic) bond motifs is 2. The van der Waals surface area contributed by atoms with Crippen LogP contribution in [0.4, 0.5) is 0 Å². The van der Waals surface area contributed by atoms with Crippen molar-refractivity contribution in [3.8, 4) is 5.75 Å². The number of ether oxygens (including phenoxy) is 2. The molecule has 4 aliphatic rings. The second-order valence-corrected chi connectivity index (χ2v) is 6.42. The van der Waals surface area contributed by atoms with Crippen LogP contribution in [0.15, 0.2) is 65.8 Å². The van der Waals surface area contributed by atoms with E-state index in [9.17, 15) is 0 Å². The Kier molecular flexibility index (Phi) is 2.53. The van der Waals surface area contributed by atoms with E-state index in [1.807, 2.05) is 12.1 Å². The van der Waals surface area contributed by atoms with E-state index in [-0.39, 0.29) is 6.10 Å². The Balaban J connectivity index is 1.66. The molecule has 0 bridgehead atoms. The summed E-state index contributed by atoms with van der Waals surface area (Å²) in [7, 11) is 0. The third-order valence-corrected chi connectivity index (χ3v) is 5.12. The van der Waals surface area contributed by atoms with E-state index >= 15 is 0 Å². The summed E-state index contributed by atoms with van der Waals surface area (Å²) >= 11 is 0. The first-order chi connectivity index (χ1) is 10.9. The minimum atomic E-state index is -0.601. The maximum Gasteiger partial charge on any atom is 0.240 e. The van der Waals surface area contributed by atoms with Gasteiger partial charge in [-0.05, 0) is 37.0 Å². The van der Waals surface area contributed by atoms with Gasteiger partial charge in [0.25, 0.3) is 0 Å². The molecule has 0 amide bonds. The van der Waals surface area contributed by atoms with Crippen LogP contribution in [0.1, 0.15) is 24.8 Å². The molecule has 22 heavy (non-hydrogen) atoms. The van der Waals surface area contributed by atoms with Crippen LogP contribution in [0.2, 0.25) is 0 Å². The van der Waals surface area contributed by atoms with Crippen molar-refractivity contribution in [3.63, 3.8) is 0 Å². The highest BCUT2D eigenvalue weighted by atomic mass is 16.7. The summed E-state index contributed by atoms with van der Waals surface area (Å²) < 4.78 is 13.0. The van der Waals surface area contributed by atoms with Crippen molar-refractivity contribution in [3.05, 3.63) is 71.4 Å². The summed E-state index contributed by atoms with van der Waals surface area (Å²) in [6.07, 6.45) is 16.4. The van der Waals surface area contributed by atoms with Crippen molar-refractivity contribution >= 4 is 6.08 Å². The van der Waals surface area contributed by atoms with Crippen LogP contribution < -0.4 is 4.74 Å². The van der Waals surface area contributed by atoms with E-state index in [1.165, 1.54) is 23.1 Å². The largest absolute Gasteiger partial charge is 0.457 e. The Hall–Kier alpha value is -2.06. The van der Waals surface area contributed by atoms with E-state index in [1.54, 1.807) is 0 Å². The minimum absolute atomic E-state index is 0.00742.